The normalized spacial score (nSPS) is 14.5. The summed E-state index contributed by atoms with van der Waals surface area (Å²) in [6, 6.07) is -1.37. The average molecular weight is 173 g/mol. The highest BCUT2D eigenvalue weighted by Gasteiger charge is 2.23. The summed E-state index contributed by atoms with van der Waals surface area (Å²) in [7, 11) is 0. The number of carboxylic acids is 1. The quantitative estimate of drug-likeness (QED) is 0.366. The summed E-state index contributed by atoms with van der Waals surface area (Å²) in [5, 5.41) is 20.6. The number of carbonyl (C=O) groups is 1. The Morgan fingerprint density at radius 2 is 2.33 bits per heavy atom. The van der Waals surface area contributed by atoms with E-state index >= 15 is 0 Å². The van der Waals surface area contributed by atoms with E-state index in [-0.39, 0.29) is 0 Å². The molecule has 2 atom stereocenters. The van der Waals surface area contributed by atoms with Crippen molar-refractivity contribution >= 4 is 5.97 Å². The van der Waals surface area contributed by atoms with Crippen LogP contribution in [0, 0.1) is 0 Å². The summed E-state index contributed by atoms with van der Waals surface area (Å²) in [6.45, 7) is 1.80. The molecule has 0 rings (SSSR count). The zero-order valence-electron chi connectivity index (χ0n) is 6.71. The molecule has 0 saturated heterocycles. The SMILES string of the molecule is CCC[C@@H](O)[C@@H](N=[N+]=[N-])C(=O)O. The van der Waals surface area contributed by atoms with Crippen LogP contribution in [-0.4, -0.2) is 28.3 Å². The number of hydrogen-bond donors (Lipinski definition) is 2. The molecular weight excluding hydrogens is 162 g/mol. The molecule has 0 bridgehead atoms. The molecule has 0 aromatic carbocycles. The van der Waals surface area contributed by atoms with E-state index in [1.54, 1.807) is 6.92 Å². The number of azide groups is 1. The van der Waals surface area contributed by atoms with Crippen LogP contribution in [-0.2, 0) is 4.79 Å². The Labute approximate surface area is 69.4 Å². The Morgan fingerprint density at radius 3 is 2.67 bits per heavy atom. The first-order valence-electron chi connectivity index (χ1n) is 3.58. The van der Waals surface area contributed by atoms with Crippen LogP contribution >= 0.6 is 0 Å². The predicted octanol–water partition coefficient (Wildman–Crippen LogP) is 0.911. The zero-order valence-corrected chi connectivity index (χ0v) is 6.71. The number of hydrogen-bond acceptors (Lipinski definition) is 3. The van der Waals surface area contributed by atoms with Crippen molar-refractivity contribution in [1.82, 2.24) is 0 Å². The molecule has 0 aromatic heterocycles. The molecule has 6 nitrogen and oxygen atoms in total. The monoisotopic (exact) mass is 173 g/mol. The highest BCUT2D eigenvalue weighted by Crippen LogP contribution is 2.06. The van der Waals surface area contributed by atoms with E-state index in [0.717, 1.165) is 0 Å². The molecule has 0 saturated carbocycles. The van der Waals surface area contributed by atoms with Crippen molar-refractivity contribution in [3.63, 3.8) is 0 Å². The minimum absolute atomic E-state index is 0.315. The number of nitrogens with zero attached hydrogens (tertiary/aromatic N) is 3. The third-order valence-corrected chi connectivity index (χ3v) is 1.38. The van der Waals surface area contributed by atoms with E-state index in [1.165, 1.54) is 0 Å². The zero-order chi connectivity index (χ0) is 9.56. The average Bonchev–Trinajstić information content (AvgIpc) is 1.99. The second-order valence-electron chi connectivity index (χ2n) is 2.34. The Balaban J connectivity index is 4.28. The number of rotatable bonds is 5. The van der Waals surface area contributed by atoms with Crippen LogP contribution in [0.4, 0.5) is 0 Å². The van der Waals surface area contributed by atoms with Gasteiger partial charge in [0.15, 0.2) is 6.04 Å². The van der Waals surface area contributed by atoms with Gasteiger partial charge in [0.25, 0.3) is 0 Å². The van der Waals surface area contributed by atoms with E-state index in [4.69, 9.17) is 15.7 Å². The van der Waals surface area contributed by atoms with Gasteiger partial charge in [-0.25, -0.2) is 0 Å². The third-order valence-electron chi connectivity index (χ3n) is 1.38. The van der Waals surface area contributed by atoms with E-state index in [9.17, 15) is 4.79 Å². The summed E-state index contributed by atoms with van der Waals surface area (Å²) in [6.07, 6.45) is -0.134. The van der Waals surface area contributed by atoms with Crippen LogP contribution in [0.1, 0.15) is 19.8 Å². The van der Waals surface area contributed by atoms with Gasteiger partial charge in [0.05, 0.1) is 6.10 Å². The van der Waals surface area contributed by atoms with Gasteiger partial charge in [0.2, 0.25) is 0 Å². The standard InChI is InChI=1S/C6H11N3O3/c1-2-3-4(10)5(6(11)12)8-9-7/h4-5,10H,2-3H2,1H3,(H,11,12)/t4-,5-/m1/s1. The van der Waals surface area contributed by atoms with Gasteiger partial charge in [0, 0.05) is 4.91 Å². The molecule has 0 aliphatic carbocycles. The highest BCUT2D eigenvalue weighted by atomic mass is 16.4. The van der Waals surface area contributed by atoms with Gasteiger partial charge >= 0.3 is 5.97 Å². The van der Waals surface area contributed by atoms with Crippen molar-refractivity contribution < 1.29 is 15.0 Å². The van der Waals surface area contributed by atoms with E-state index in [0.29, 0.717) is 12.8 Å². The molecule has 12 heavy (non-hydrogen) atoms. The Morgan fingerprint density at radius 1 is 1.75 bits per heavy atom. The molecule has 0 unspecified atom stereocenters. The van der Waals surface area contributed by atoms with Gasteiger partial charge in [-0.2, -0.15) is 0 Å². The van der Waals surface area contributed by atoms with Gasteiger partial charge in [-0.05, 0) is 12.0 Å². The second-order valence-corrected chi connectivity index (χ2v) is 2.34. The van der Waals surface area contributed by atoms with Gasteiger partial charge in [-0.1, -0.05) is 18.5 Å². The molecule has 0 spiro atoms. The fourth-order valence-corrected chi connectivity index (χ4v) is 0.800. The van der Waals surface area contributed by atoms with Crippen molar-refractivity contribution in [2.45, 2.75) is 31.9 Å². The topological polar surface area (TPSA) is 106 Å². The highest BCUT2D eigenvalue weighted by molar-refractivity contribution is 5.74. The first-order valence-corrected chi connectivity index (χ1v) is 3.58. The van der Waals surface area contributed by atoms with Crippen molar-refractivity contribution in [3.8, 4) is 0 Å². The van der Waals surface area contributed by atoms with Gasteiger partial charge in [-0.3, -0.25) is 4.79 Å². The van der Waals surface area contributed by atoms with Gasteiger partial charge in [0.1, 0.15) is 0 Å². The summed E-state index contributed by atoms with van der Waals surface area (Å²) < 4.78 is 0. The van der Waals surface area contributed by atoms with Crippen molar-refractivity contribution in [1.29, 1.82) is 0 Å². The number of carboxylic acid groups (broad SMARTS) is 1. The summed E-state index contributed by atoms with van der Waals surface area (Å²) in [5.41, 5.74) is 7.99. The lowest BCUT2D eigenvalue weighted by Crippen LogP contribution is -2.31. The third kappa shape index (κ3) is 3.23. The van der Waals surface area contributed by atoms with E-state index in [1.807, 2.05) is 0 Å². The Kier molecular flexibility index (Phi) is 4.83. The molecule has 0 aromatic rings. The molecule has 0 radical (unpaired) electrons. The maximum absolute atomic E-state index is 10.4. The van der Waals surface area contributed by atoms with Crippen molar-refractivity contribution in [2.75, 3.05) is 0 Å². The largest absolute Gasteiger partial charge is 0.481 e. The molecule has 0 heterocycles. The van der Waals surface area contributed by atoms with Crippen LogP contribution in [0.5, 0.6) is 0 Å². The lowest BCUT2D eigenvalue weighted by molar-refractivity contribution is -0.141. The van der Waals surface area contributed by atoms with Crippen LogP contribution in [0.2, 0.25) is 0 Å². The fraction of sp³-hybridized carbons (Fsp3) is 0.833. The van der Waals surface area contributed by atoms with Gasteiger partial charge < -0.3 is 10.2 Å². The summed E-state index contributed by atoms with van der Waals surface area (Å²) >= 11 is 0. The molecule has 0 aliphatic rings. The smallest absolute Gasteiger partial charge is 0.315 e. The number of aliphatic hydroxyl groups is 1. The lowest BCUT2D eigenvalue weighted by Gasteiger charge is -2.12. The van der Waals surface area contributed by atoms with E-state index < -0.39 is 18.1 Å². The molecule has 2 N–H and O–H groups in total. The first kappa shape index (κ1) is 10.7. The number of aliphatic hydroxyl groups excluding tert-OH is 1. The van der Waals surface area contributed by atoms with Crippen LogP contribution < -0.4 is 0 Å². The minimum atomic E-state index is -1.37. The molecule has 68 valence electrons. The molecule has 0 fully saturated rings. The molecule has 0 amide bonds. The maximum atomic E-state index is 10.4. The Bertz CT molecular complexity index is 198. The van der Waals surface area contributed by atoms with Crippen LogP contribution in [0.25, 0.3) is 10.4 Å². The second kappa shape index (κ2) is 5.40. The lowest BCUT2D eigenvalue weighted by atomic mass is 10.1. The van der Waals surface area contributed by atoms with Gasteiger partial charge in [-0.15, -0.1) is 0 Å². The number of aliphatic carboxylic acids is 1. The summed E-state index contributed by atoms with van der Waals surface area (Å²) in [4.78, 5) is 12.7. The van der Waals surface area contributed by atoms with Crippen molar-refractivity contribution in [3.05, 3.63) is 10.4 Å². The van der Waals surface area contributed by atoms with E-state index in [2.05, 4.69) is 10.0 Å². The molecular formula is C6H11N3O3. The van der Waals surface area contributed by atoms with Crippen LogP contribution in [0.15, 0.2) is 5.11 Å². The predicted molar refractivity (Wildman–Crippen MR) is 41.5 cm³/mol. The first-order chi connectivity index (χ1) is 5.63. The fourth-order valence-electron chi connectivity index (χ4n) is 0.800. The van der Waals surface area contributed by atoms with Crippen LogP contribution in [0.3, 0.4) is 0 Å². The Hall–Kier alpha value is -1.26. The summed E-state index contributed by atoms with van der Waals surface area (Å²) in [5.74, 6) is -1.30. The maximum Gasteiger partial charge on any atom is 0.315 e. The molecule has 0 aliphatic heterocycles. The molecule has 6 heteroatoms. The van der Waals surface area contributed by atoms with Crippen molar-refractivity contribution in [2.24, 2.45) is 5.11 Å². The minimum Gasteiger partial charge on any atom is -0.481 e.